The highest BCUT2D eigenvalue weighted by Gasteiger charge is 2.22. The topological polar surface area (TPSA) is 99.1 Å². The van der Waals surface area contributed by atoms with Crippen LogP contribution in [0.15, 0.2) is 6.33 Å². The van der Waals surface area contributed by atoms with Crippen molar-refractivity contribution >= 4 is 28.6 Å². The molecular weight excluding hydrogens is 306 g/mol. The van der Waals surface area contributed by atoms with Crippen molar-refractivity contribution in [1.82, 2.24) is 19.9 Å². The van der Waals surface area contributed by atoms with Crippen LogP contribution in [0.5, 0.6) is 0 Å². The van der Waals surface area contributed by atoms with Gasteiger partial charge < -0.3 is 20.6 Å². The van der Waals surface area contributed by atoms with Crippen LogP contribution < -0.4 is 15.5 Å². The second kappa shape index (κ2) is 6.35. The number of hydrogen-bond donors (Lipinski definition) is 3. The Kier molecular flexibility index (Phi) is 4.40. The molecule has 130 valence electrons. The van der Waals surface area contributed by atoms with Crippen molar-refractivity contribution in [2.24, 2.45) is 5.92 Å². The van der Waals surface area contributed by atoms with Crippen molar-refractivity contribution in [2.45, 2.75) is 32.3 Å². The highest BCUT2D eigenvalue weighted by atomic mass is 16.3. The average Bonchev–Trinajstić information content (AvgIpc) is 3.33. The molecule has 0 spiro atoms. The minimum Gasteiger partial charge on any atom is -0.389 e. The molecule has 0 unspecified atom stereocenters. The Morgan fingerprint density at radius 3 is 2.50 bits per heavy atom. The van der Waals surface area contributed by atoms with Crippen molar-refractivity contribution in [2.75, 3.05) is 42.7 Å². The van der Waals surface area contributed by atoms with E-state index in [0.29, 0.717) is 29.3 Å². The molecule has 2 aromatic heterocycles. The molecule has 1 fully saturated rings. The van der Waals surface area contributed by atoms with Gasteiger partial charge in [0.05, 0.1) is 5.60 Å². The maximum absolute atomic E-state index is 9.94. The molecule has 0 amide bonds. The lowest BCUT2D eigenvalue weighted by Crippen LogP contribution is -2.29. The largest absolute Gasteiger partial charge is 0.389 e. The maximum atomic E-state index is 9.94. The highest BCUT2D eigenvalue weighted by molar-refractivity contribution is 5.93. The van der Waals surface area contributed by atoms with Gasteiger partial charge in [0.15, 0.2) is 11.6 Å². The van der Waals surface area contributed by atoms with Gasteiger partial charge in [0.25, 0.3) is 0 Å². The quantitative estimate of drug-likeness (QED) is 0.702. The minimum atomic E-state index is -0.846. The van der Waals surface area contributed by atoms with Crippen molar-refractivity contribution < 1.29 is 5.11 Å². The Morgan fingerprint density at radius 2 is 1.88 bits per heavy atom. The Bertz CT molecular complexity index is 722. The van der Waals surface area contributed by atoms with Crippen LogP contribution >= 0.6 is 0 Å². The number of aliphatic hydroxyl groups is 1. The molecule has 1 saturated carbocycles. The van der Waals surface area contributed by atoms with E-state index in [-0.39, 0.29) is 0 Å². The number of fused-ring (bicyclic) bond motifs is 1. The van der Waals surface area contributed by atoms with E-state index >= 15 is 0 Å². The molecule has 1 aliphatic carbocycles. The van der Waals surface area contributed by atoms with Crippen LogP contribution in [0.3, 0.4) is 0 Å². The van der Waals surface area contributed by atoms with Gasteiger partial charge in [-0.15, -0.1) is 0 Å². The van der Waals surface area contributed by atoms with Crippen LogP contribution in [0.2, 0.25) is 0 Å². The third kappa shape index (κ3) is 4.00. The van der Waals surface area contributed by atoms with Gasteiger partial charge in [-0.2, -0.15) is 4.98 Å². The number of aromatic nitrogens is 4. The molecule has 2 aromatic rings. The maximum Gasteiger partial charge on any atom is 0.227 e. The molecule has 0 aliphatic heterocycles. The molecule has 1 aliphatic rings. The SMILES string of the molecule is CN(C)c1nc(NCC2CC2)c2ncnc(NCC(C)(C)O)c2n1. The Morgan fingerprint density at radius 1 is 1.12 bits per heavy atom. The molecule has 24 heavy (non-hydrogen) atoms. The number of hydrogen-bond acceptors (Lipinski definition) is 8. The van der Waals surface area contributed by atoms with E-state index in [1.807, 2.05) is 19.0 Å². The normalized spacial score (nSPS) is 14.7. The molecule has 0 bridgehead atoms. The van der Waals surface area contributed by atoms with Crippen LogP contribution in [0.1, 0.15) is 26.7 Å². The summed E-state index contributed by atoms with van der Waals surface area (Å²) in [5.74, 6) is 2.65. The summed E-state index contributed by atoms with van der Waals surface area (Å²) in [7, 11) is 3.80. The predicted molar refractivity (Wildman–Crippen MR) is 95.5 cm³/mol. The Balaban J connectivity index is 1.99. The van der Waals surface area contributed by atoms with Crippen molar-refractivity contribution in [3.63, 3.8) is 0 Å². The molecule has 2 heterocycles. The van der Waals surface area contributed by atoms with Crippen LogP contribution in [-0.4, -0.2) is 57.8 Å². The molecule has 8 nitrogen and oxygen atoms in total. The third-order valence-corrected chi connectivity index (χ3v) is 3.81. The molecule has 0 aromatic carbocycles. The fourth-order valence-electron chi connectivity index (χ4n) is 2.25. The van der Waals surface area contributed by atoms with Crippen molar-refractivity contribution in [3.05, 3.63) is 6.33 Å². The fraction of sp³-hybridized carbons (Fsp3) is 0.625. The van der Waals surface area contributed by atoms with Gasteiger partial charge in [-0.25, -0.2) is 15.0 Å². The standard InChI is InChI=1S/C16H25N7O/c1-16(2,24)8-18-13-12-11(19-9-20-13)14(17-7-10-5-6-10)22-15(21-12)23(3)4/h9-10,24H,5-8H2,1-4H3,(H,17,21,22)(H,18,19,20). The zero-order valence-electron chi connectivity index (χ0n) is 14.7. The van der Waals surface area contributed by atoms with E-state index in [1.165, 1.54) is 19.2 Å². The summed E-state index contributed by atoms with van der Waals surface area (Å²) in [6, 6.07) is 0. The van der Waals surface area contributed by atoms with Crippen molar-refractivity contribution in [3.8, 4) is 0 Å². The summed E-state index contributed by atoms with van der Waals surface area (Å²) in [4.78, 5) is 19.7. The summed E-state index contributed by atoms with van der Waals surface area (Å²) >= 11 is 0. The molecule has 0 saturated heterocycles. The van der Waals surface area contributed by atoms with Gasteiger partial charge >= 0.3 is 0 Å². The molecule has 0 atom stereocenters. The van der Waals surface area contributed by atoms with Gasteiger partial charge in [-0.05, 0) is 32.6 Å². The lowest BCUT2D eigenvalue weighted by atomic mass is 10.1. The molecule has 0 radical (unpaired) electrons. The smallest absolute Gasteiger partial charge is 0.227 e. The lowest BCUT2D eigenvalue weighted by Gasteiger charge is -2.19. The summed E-state index contributed by atoms with van der Waals surface area (Å²) in [5, 5.41) is 16.5. The Hall–Kier alpha value is -2.22. The zero-order valence-corrected chi connectivity index (χ0v) is 14.7. The first-order chi connectivity index (χ1) is 11.3. The number of nitrogens with one attached hydrogen (secondary N) is 2. The second-order valence-corrected chi connectivity index (χ2v) is 7.18. The van der Waals surface area contributed by atoms with Crippen LogP contribution in [0, 0.1) is 5.92 Å². The van der Waals surface area contributed by atoms with Gasteiger partial charge in [0.2, 0.25) is 5.95 Å². The summed E-state index contributed by atoms with van der Waals surface area (Å²) in [5.41, 5.74) is 0.495. The summed E-state index contributed by atoms with van der Waals surface area (Å²) in [6.07, 6.45) is 4.03. The number of rotatable bonds is 7. The van der Waals surface area contributed by atoms with E-state index in [9.17, 15) is 5.11 Å². The van der Waals surface area contributed by atoms with Gasteiger partial charge in [0, 0.05) is 27.2 Å². The highest BCUT2D eigenvalue weighted by Crippen LogP contribution is 2.30. The summed E-state index contributed by atoms with van der Waals surface area (Å²) in [6.45, 7) is 4.75. The lowest BCUT2D eigenvalue weighted by molar-refractivity contribution is 0.0944. The van der Waals surface area contributed by atoms with Gasteiger partial charge in [-0.1, -0.05) is 0 Å². The predicted octanol–water partition coefficient (Wildman–Crippen LogP) is 1.49. The monoisotopic (exact) mass is 331 g/mol. The summed E-state index contributed by atoms with van der Waals surface area (Å²) < 4.78 is 0. The van der Waals surface area contributed by atoms with Crippen LogP contribution in [0.25, 0.3) is 11.0 Å². The van der Waals surface area contributed by atoms with Crippen LogP contribution in [0.4, 0.5) is 17.6 Å². The zero-order chi connectivity index (χ0) is 17.3. The third-order valence-electron chi connectivity index (χ3n) is 3.81. The average molecular weight is 331 g/mol. The fourth-order valence-corrected chi connectivity index (χ4v) is 2.25. The second-order valence-electron chi connectivity index (χ2n) is 7.18. The van der Waals surface area contributed by atoms with E-state index in [4.69, 9.17) is 0 Å². The van der Waals surface area contributed by atoms with E-state index in [0.717, 1.165) is 18.3 Å². The molecular formula is C16H25N7O. The van der Waals surface area contributed by atoms with Gasteiger partial charge in [-0.3, -0.25) is 0 Å². The Labute approximate surface area is 141 Å². The number of anilines is 3. The first-order valence-corrected chi connectivity index (χ1v) is 8.24. The molecule has 3 rings (SSSR count). The first kappa shape index (κ1) is 16.6. The van der Waals surface area contributed by atoms with Crippen LogP contribution in [-0.2, 0) is 0 Å². The van der Waals surface area contributed by atoms with E-state index in [1.54, 1.807) is 13.8 Å². The molecule has 3 N–H and O–H groups in total. The van der Waals surface area contributed by atoms with Gasteiger partial charge in [0.1, 0.15) is 17.4 Å². The molecule has 8 heteroatoms. The van der Waals surface area contributed by atoms with E-state index < -0.39 is 5.60 Å². The van der Waals surface area contributed by atoms with E-state index in [2.05, 4.69) is 30.6 Å². The first-order valence-electron chi connectivity index (χ1n) is 8.24. The minimum absolute atomic E-state index is 0.366. The van der Waals surface area contributed by atoms with Crippen molar-refractivity contribution in [1.29, 1.82) is 0 Å². The number of nitrogens with zero attached hydrogens (tertiary/aromatic N) is 5.